The van der Waals surface area contributed by atoms with Gasteiger partial charge in [0.05, 0.1) is 5.52 Å². The van der Waals surface area contributed by atoms with E-state index in [1.165, 1.54) is 5.39 Å². The smallest absolute Gasteiger partial charge is 0.141 e. The van der Waals surface area contributed by atoms with Crippen molar-refractivity contribution < 1.29 is 0 Å². The number of hydrogen-bond acceptors (Lipinski definition) is 3. The van der Waals surface area contributed by atoms with Gasteiger partial charge in [-0.1, -0.05) is 52.3 Å². The third-order valence-electron chi connectivity index (χ3n) is 3.62. The lowest BCUT2D eigenvalue weighted by Crippen LogP contribution is -1.96. The monoisotopic (exact) mass is 385 g/mol. The Balaban J connectivity index is 0.00000156. The van der Waals surface area contributed by atoms with Crippen LogP contribution < -0.4 is 5.32 Å². The summed E-state index contributed by atoms with van der Waals surface area (Å²) in [5.41, 5.74) is 1.95. The number of nitrogens with zero attached hydrogens (tertiary/aromatic N) is 2. The second-order valence-corrected chi connectivity index (χ2v) is 5.96. The molecule has 1 heterocycles. The van der Waals surface area contributed by atoms with Crippen LogP contribution in [0.3, 0.4) is 0 Å². The number of halogens is 2. The molecule has 0 saturated carbocycles. The summed E-state index contributed by atoms with van der Waals surface area (Å²) in [6, 6.07) is 20.5. The van der Waals surface area contributed by atoms with E-state index >= 15 is 0 Å². The van der Waals surface area contributed by atoms with Crippen LogP contribution in [-0.2, 0) is 0 Å². The minimum Gasteiger partial charge on any atom is -0.340 e. The van der Waals surface area contributed by atoms with Gasteiger partial charge in [0.1, 0.15) is 12.1 Å². The zero-order chi connectivity index (χ0) is 14.9. The summed E-state index contributed by atoms with van der Waals surface area (Å²) >= 11 is 3.49. The zero-order valence-corrected chi connectivity index (χ0v) is 14.4. The van der Waals surface area contributed by atoms with Crippen molar-refractivity contribution in [1.82, 2.24) is 9.97 Å². The molecule has 0 aliphatic heterocycles. The molecule has 0 unspecified atom stereocenters. The van der Waals surface area contributed by atoms with Gasteiger partial charge in [-0.25, -0.2) is 9.97 Å². The molecule has 23 heavy (non-hydrogen) atoms. The van der Waals surface area contributed by atoms with Crippen molar-refractivity contribution in [2.75, 3.05) is 5.32 Å². The fourth-order valence-electron chi connectivity index (χ4n) is 2.60. The van der Waals surface area contributed by atoms with Gasteiger partial charge in [0.25, 0.3) is 0 Å². The molecule has 0 fully saturated rings. The van der Waals surface area contributed by atoms with Crippen LogP contribution in [0.4, 0.5) is 11.5 Å². The second-order valence-electron chi connectivity index (χ2n) is 5.04. The van der Waals surface area contributed by atoms with E-state index in [2.05, 4.69) is 55.5 Å². The third-order valence-corrected chi connectivity index (χ3v) is 4.11. The highest BCUT2D eigenvalue weighted by Crippen LogP contribution is 2.29. The van der Waals surface area contributed by atoms with E-state index in [0.29, 0.717) is 0 Å². The average Bonchev–Trinajstić information content (AvgIpc) is 2.55. The molecular weight excluding hydrogens is 374 g/mol. The van der Waals surface area contributed by atoms with Gasteiger partial charge in [0.15, 0.2) is 0 Å². The molecule has 4 rings (SSSR count). The Morgan fingerprint density at radius 3 is 2.57 bits per heavy atom. The van der Waals surface area contributed by atoms with Gasteiger partial charge >= 0.3 is 0 Å². The van der Waals surface area contributed by atoms with Crippen molar-refractivity contribution in [2.24, 2.45) is 0 Å². The Hall–Kier alpha value is -2.17. The van der Waals surface area contributed by atoms with Gasteiger partial charge in [-0.05, 0) is 29.7 Å². The molecule has 3 nitrogen and oxygen atoms in total. The van der Waals surface area contributed by atoms with Crippen molar-refractivity contribution in [1.29, 1.82) is 0 Å². The molecule has 4 aromatic rings. The van der Waals surface area contributed by atoms with E-state index in [4.69, 9.17) is 0 Å². The highest BCUT2D eigenvalue weighted by molar-refractivity contribution is 9.10. The average molecular weight is 387 g/mol. The van der Waals surface area contributed by atoms with Gasteiger partial charge in [0, 0.05) is 20.9 Å². The molecule has 0 bridgehead atoms. The normalized spacial score (nSPS) is 10.5. The lowest BCUT2D eigenvalue weighted by molar-refractivity contribution is 1.22. The zero-order valence-electron chi connectivity index (χ0n) is 12.0. The number of rotatable bonds is 2. The first-order valence-electron chi connectivity index (χ1n) is 6.96. The Morgan fingerprint density at radius 2 is 1.70 bits per heavy atom. The molecule has 0 amide bonds. The second kappa shape index (κ2) is 6.52. The van der Waals surface area contributed by atoms with Crippen LogP contribution >= 0.6 is 28.3 Å². The predicted molar refractivity (Wildman–Crippen MR) is 102 cm³/mol. The van der Waals surface area contributed by atoms with Gasteiger partial charge in [0.2, 0.25) is 0 Å². The van der Waals surface area contributed by atoms with E-state index in [1.807, 2.05) is 36.4 Å². The Kier molecular flexibility index (Phi) is 4.46. The highest BCUT2D eigenvalue weighted by atomic mass is 79.9. The molecule has 5 heteroatoms. The highest BCUT2D eigenvalue weighted by Gasteiger charge is 2.07. The molecule has 0 atom stereocenters. The molecule has 1 N–H and O–H groups in total. The van der Waals surface area contributed by atoms with E-state index in [9.17, 15) is 0 Å². The first kappa shape index (κ1) is 15.7. The van der Waals surface area contributed by atoms with Gasteiger partial charge in [-0.15, -0.1) is 12.4 Å². The largest absolute Gasteiger partial charge is 0.340 e. The molecule has 1 aromatic heterocycles. The van der Waals surface area contributed by atoms with E-state index < -0.39 is 0 Å². The van der Waals surface area contributed by atoms with Crippen LogP contribution in [0.25, 0.3) is 21.7 Å². The van der Waals surface area contributed by atoms with Crippen LogP contribution in [0.1, 0.15) is 0 Å². The number of nitrogens with one attached hydrogen (secondary N) is 1. The van der Waals surface area contributed by atoms with Crippen LogP contribution in [0.5, 0.6) is 0 Å². The number of benzene rings is 3. The Bertz CT molecular complexity index is 988. The van der Waals surface area contributed by atoms with Crippen molar-refractivity contribution in [3.05, 3.63) is 71.5 Å². The SMILES string of the molecule is Brc1cccc(Nc2ncnc3c2ccc2ccccc23)c1.Cl. The maximum absolute atomic E-state index is 4.47. The van der Waals surface area contributed by atoms with E-state index in [0.717, 1.165) is 32.3 Å². The lowest BCUT2D eigenvalue weighted by atomic mass is 10.1. The fourth-order valence-corrected chi connectivity index (χ4v) is 3.00. The van der Waals surface area contributed by atoms with Gasteiger partial charge in [-0.2, -0.15) is 0 Å². The van der Waals surface area contributed by atoms with Crippen molar-refractivity contribution in [3.8, 4) is 0 Å². The minimum absolute atomic E-state index is 0. The first-order valence-corrected chi connectivity index (χ1v) is 7.75. The van der Waals surface area contributed by atoms with Crippen molar-refractivity contribution >= 4 is 61.5 Å². The van der Waals surface area contributed by atoms with Crippen molar-refractivity contribution in [2.45, 2.75) is 0 Å². The summed E-state index contributed by atoms with van der Waals surface area (Å²) in [4.78, 5) is 8.87. The minimum atomic E-state index is 0. The number of anilines is 2. The van der Waals surface area contributed by atoms with Crippen LogP contribution in [-0.4, -0.2) is 9.97 Å². The summed E-state index contributed by atoms with van der Waals surface area (Å²) in [5.74, 6) is 0.814. The maximum atomic E-state index is 4.47. The lowest BCUT2D eigenvalue weighted by Gasteiger charge is -2.10. The summed E-state index contributed by atoms with van der Waals surface area (Å²) in [7, 11) is 0. The Labute approximate surface area is 148 Å². The summed E-state index contributed by atoms with van der Waals surface area (Å²) in [6.07, 6.45) is 1.61. The topological polar surface area (TPSA) is 37.8 Å². The number of aromatic nitrogens is 2. The first-order chi connectivity index (χ1) is 10.8. The summed E-state index contributed by atoms with van der Waals surface area (Å²) in [5, 5.41) is 6.71. The molecule has 0 aliphatic rings. The summed E-state index contributed by atoms with van der Waals surface area (Å²) in [6.45, 7) is 0. The van der Waals surface area contributed by atoms with Gasteiger partial charge in [-0.3, -0.25) is 0 Å². The molecule has 0 saturated heterocycles. The van der Waals surface area contributed by atoms with Crippen LogP contribution in [0.2, 0.25) is 0 Å². The summed E-state index contributed by atoms with van der Waals surface area (Å²) < 4.78 is 1.03. The fraction of sp³-hybridized carbons (Fsp3) is 0. The molecule has 0 spiro atoms. The van der Waals surface area contributed by atoms with Gasteiger partial charge < -0.3 is 5.32 Å². The molecule has 114 valence electrons. The van der Waals surface area contributed by atoms with E-state index in [-0.39, 0.29) is 12.4 Å². The Morgan fingerprint density at radius 1 is 0.826 bits per heavy atom. The van der Waals surface area contributed by atoms with Crippen LogP contribution in [0.15, 0.2) is 71.5 Å². The van der Waals surface area contributed by atoms with E-state index in [1.54, 1.807) is 6.33 Å². The van der Waals surface area contributed by atoms with Crippen molar-refractivity contribution in [3.63, 3.8) is 0 Å². The quantitative estimate of drug-likeness (QED) is 0.448. The molecule has 3 aromatic carbocycles. The van der Waals surface area contributed by atoms with Crippen LogP contribution in [0, 0.1) is 0 Å². The maximum Gasteiger partial charge on any atom is 0.141 e. The molecule has 0 aliphatic carbocycles. The standard InChI is InChI=1S/C18H12BrN3.ClH/c19-13-5-3-6-14(10-13)22-18-16-9-8-12-4-1-2-7-15(12)17(16)20-11-21-18;/h1-11H,(H,20,21,22);1H. The third kappa shape index (κ3) is 3.00. The predicted octanol–water partition coefficient (Wildman–Crippen LogP) is 5.71. The number of hydrogen-bond donors (Lipinski definition) is 1. The molecule has 0 radical (unpaired) electrons. The molecular formula is C18H13BrClN3. The number of fused-ring (bicyclic) bond motifs is 3.